The Labute approximate surface area is 186 Å². The number of ether oxygens (including phenoxy) is 1. The molecule has 2 aliphatic rings. The quantitative estimate of drug-likeness (QED) is 0.718. The van der Waals surface area contributed by atoms with Gasteiger partial charge in [0.15, 0.2) is 0 Å². The number of nitrogens with zero attached hydrogens (tertiary/aromatic N) is 2. The number of likely N-dealkylation sites (tertiary alicyclic amines) is 1. The summed E-state index contributed by atoms with van der Waals surface area (Å²) in [4.78, 5) is 40.8. The lowest BCUT2D eigenvalue weighted by molar-refractivity contribution is -0.143. The van der Waals surface area contributed by atoms with E-state index in [2.05, 4.69) is 0 Å². The smallest absolute Gasteiger partial charge is 0.410 e. The number of amides is 3. The maximum atomic E-state index is 13.7. The van der Waals surface area contributed by atoms with Crippen LogP contribution in [0.15, 0.2) is 30.3 Å². The predicted octanol–water partition coefficient (Wildman–Crippen LogP) is 3.31. The van der Waals surface area contributed by atoms with Gasteiger partial charge in [-0.3, -0.25) is 14.5 Å². The molecular formula is C23H31F2N3O4. The molecule has 3 rings (SSSR count). The number of nitrogens with two attached hydrogens (primary N) is 1. The van der Waals surface area contributed by atoms with Crippen LogP contribution in [0.2, 0.25) is 0 Å². The molecule has 3 amide bonds. The fourth-order valence-electron chi connectivity index (χ4n) is 4.55. The molecule has 2 N–H and O–H groups in total. The van der Waals surface area contributed by atoms with Gasteiger partial charge >= 0.3 is 6.09 Å². The van der Waals surface area contributed by atoms with Crippen molar-refractivity contribution in [2.75, 3.05) is 6.54 Å². The maximum Gasteiger partial charge on any atom is 0.410 e. The molecule has 176 valence electrons. The molecule has 0 spiro atoms. The highest BCUT2D eigenvalue weighted by molar-refractivity contribution is 5.85. The molecule has 9 heteroatoms. The molecule has 7 nitrogen and oxygen atoms in total. The number of carbonyl (C=O) groups is 3. The van der Waals surface area contributed by atoms with Crippen LogP contribution in [0.4, 0.5) is 13.6 Å². The van der Waals surface area contributed by atoms with Gasteiger partial charge in [-0.05, 0) is 24.8 Å². The Hall–Kier alpha value is -2.71. The first-order valence-corrected chi connectivity index (χ1v) is 11.1. The number of hydrogen-bond acceptors (Lipinski definition) is 4. The zero-order chi connectivity index (χ0) is 23.5. The van der Waals surface area contributed by atoms with Crippen molar-refractivity contribution >= 4 is 17.9 Å². The van der Waals surface area contributed by atoms with Gasteiger partial charge in [0.25, 0.3) is 0 Å². The van der Waals surface area contributed by atoms with E-state index in [1.54, 1.807) is 18.7 Å². The summed E-state index contributed by atoms with van der Waals surface area (Å²) in [6.45, 7) is 3.61. The highest BCUT2D eigenvalue weighted by atomic mass is 19.3. The fraction of sp³-hybridized carbons (Fsp3) is 0.609. The Morgan fingerprint density at radius 2 is 1.78 bits per heavy atom. The summed E-state index contributed by atoms with van der Waals surface area (Å²) in [6.07, 6.45) is -0.722. The van der Waals surface area contributed by atoms with E-state index >= 15 is 0 Å². The van der Waals surface area contributed by atoms with Crippen LogP contribution >= 0.6 is 0 Å². The second-order valence-corrected chi connectivity index (χ2v) is 8.99. The summed E-state index contributed by atoms with van der Waals surface area (Å²) in [5, 5.41) is 0. The summed E-state index contributed by atoms with van der Waals surface area (Å²) in [5.74, 6) is -3.92. The van der Waals surface area contributed by atoms with E-state index in [0.29, 0.717) is 0 Å². The van der Waals surface area contributed by atoms with Crippen LogP contribution in [0.5, 0.6) is 0 Å². The van der Waals surface area contributed by atoms with Crippen LogP contribution in [-0.2, 0) is 20.9 Å². The average molecular weight is 452 g/mol. The van der Waals surface area contributed by atoms with Crippen molar-refractivity contribution in [1.82, 2.24) is 9.80 Å². The van der Waals surface area contributed by atoms with E-state index < -0.39 is 30.0 Å². The lowest BCUT2D eigenvalue weighted by Gasteiger charge is -2.41. The van der Waals surface area contributed by atoms with Crippen molar-refractivity contribution in [1.29, 1.82) is 0 Å². The van der Waals surface area contributed by atoms with E-state index in [0.717, 1.165) is 5.56 Å². The Morgan fingerprint density at radius 3 is 2.34 bits per heavy atom. The first-order chi connectivity index (χ1) is 15.1. The summed E-state index contributed by atoms with van der Waals surface area (Å²) in [6, 6.07) is 7.36. The van der Waals surface area contributed by atoms with E-state index in [9.17, 15) is 23.2 Å². The summed E-state index contributed by atoms with van der Waals surface area (Å²) >= 11 is 0. The first-order valence-electron chi connectivity index (χ1n) is 11.1. The second-order valence-electron chi connectivity index (χ2n) is 8.99. The molecular weight excluding hydrogens is 420 g/mol. The van der Waals surface area contributed by atoms with E-state index in [-0.39, 0.29) is 63.1 Å². The Balaban J connectivity index is 1.75. The highest BCUT2D eigenvalue weighted by Crippen LogP contribution is 2.37. The Kier molecular flexibility index (Phi) is 7.36. The van der Waals surface area contributed by atoms with Gasteiger partial charge in [-0.25, -0.2) is 13.6 Å². The molecule has 1 saturated heterocycles. The third kappa shape index (κ3) is 5.55. The largest absolute Gasteiger partial charge is 0.445 e. The topological polar surface area (TPSA) is 92.9 Å². The number of halogens is 2. The van der Waals surface area contributed by atoms with Crippen molar-refractivity contribution in [3.05, 3.63) is 35.9 Å². The minimum atomic E-state index is -2.72. The monoisotopic (exact) mass is 451 g/mol. The first kappa shape index (κ1) is 23.9. The van der Waals surface area contributed by atoms with Crippen LogP contribution < -0.4 is 5.73 Å². The van der Waals surface area contributed by atoms with Crippen LogP contribution in [0.3, 0.4) is 0 Å². The number of alkyl halides is 2. The van der Waals surface area contributed by atoms with Crippen LogP contribution in [-0.4, -0.2) is 58.3 Å². The van der Waals surface area contributed by atoms with E-state index in [1.165, 1.54) is 4.90 Å². The number of benzene rings is 1. The van der Waals surface area contributed by atoms with E-state index in [1.807, 2.05) is 30.3 Å². The standard InChI is InChI=1S/C23H31F2N3O4/c1-15(2)21(30)28(17-8-10-23(24,25)11-9-17)18-12-19(20(26)29)27(13-18)22(31)32-14-16-6-4-3-5-7-16/h3-7,15,17-19H,8-14H2,1-2H3,(H2,26,29)/t18-,19-/m0/s1. The van der Waals surface area contributed by atoms with Gasteiger partial charge in [-0.2, -0.15) is 0 Å². The molecule has 0 aromatic heterocycles. The van der Waals surface area contributed by atoms with Gasteiger partial charge in [0.1, 0.15) is 12.6 Å². The van der Waals surface area contributed by atoms with Crippen molar-refractivity contribution in [3.63, 3.8) is 0 Å². The molecule has 2 atom stereocenters. The van der Waals surface area contributed by atoms with Gasteiger partial charge in [0.2, 0.25) is 17.7 Å². The van der Waals surface area contributed by atoms with Crippen LogP contribution in [0.25, 0.3) is 0 Å². The van der Waals surface area contributed by atoms with Gasteiger partial charge in [-0.15, -0.1) is 0 Å². The molecule has 0 radical (unpaired) electrons. The van der Waals surface area contributed by atoms with Crippen molar-refractivity contribution in [2.45, 2.75) is 76.6 Å². The Morgan fingerprint density at radius 1 is 1.16 bits per heavy atom. The van der Waals surface area contributed by atoms with E-state index in [4.69, 9.17) is 10.5 Å². The van der Waals surface area contributed by atoms with Gasteiger partial charge in [-0.1, -0.05) is 44.2 Å². The minimum Gasteiger partial charge on any atom is -0.445 e. The summed E-state index contributed by atoms with van der Waals surface area (Å²) in [7, 11) is 0. The number of hydrogen-bond donors (Lipinski definition) is 1. The molecule has 1 aromatic carbocycles. The molecule has 1 heterocycles. The normalized spacial score (nSPS) is 23.2. The molecule has 1 aromatic rings. The number of carbonyl (C=O) groups excluding carboxylic acids is 3. The number of primary amides is 1. The van der Waals surface area contributed by atoms with Gasteiger partial charge < -0.3 is 15.4 Å². The Bertz CT molecular complexity index is 824. The number of rotatable bonds is 6. The molecule has 1 aliphatic heterocycles. The highest BCUT2D eigenvalue weighted by Gasteiger charge is 2.47. The SMILES string of the molecule is CC(C)C(=O)N(C1CCC(F)(F)CC1)[C@H]1C[C@@H](C(N)=O)N(C(=O)OCc2ccccc2)C1. The fourth-order valence-corrected chi connectivity index (χ4v) is 4.55. The van der Waals surface area contributed by atoms with Gasteiger partial charge in [0, 0.05) is 31.3 Å². The van der Waals surface area contributed by atoms with Crippen molar-refractivity contribution in [2.24, 2.45) is 11.7 Å². The zero-order valence-corrected chi connectivity index (χ0v) is 18.5. The molecule has 0 unspecified atom stereocenters. The third-order valence-corrected chi connectivity index (χ3v) is 6.27. The molecule has 1 saturated carbocycles. The van der Waals surface area contributed by atoms with Crippen molar-refractivity contribution < 1.29 is 27.9 Å². The summed E-state index contributed by atoms with van der Waals surface area (Å²) < 4.78 is 32.8. The lowest BCUT2D eigenvalue weighted by atomic mass is 9.89. The van der Waals surface area contributed by atoms with Crippen molar-refractivity contribution in [3.8, 4) is 0 Å². The maximum absolute atomic E-state index is 13.7. The average Bonchev–Trinajstić information content (AvgIpc) is 3.19. The van der Waals surface area contributed by atoms with Gasteiger partial charge in [0.05, 0.1) is 6.04 Å². The molecule has 1 aliphatic carbocycles. The zero-order valence-electron chi connectivity index (χ0n) is 18.5. The minimum absolute atomic E-state index is 0.0403. The lowest BCUT2D eigenvalue weighted by Crippen LogP contribution is -2.52. The molecule has 32 heavy (non-hydrogen) atoms. The molecule has 0 bridgehead atoms. The van der Waals surface area contributed by atoms with Crippen LogP contribution in [0, 0.1) is 5.92 Å². The summed E-state index contributed by atoms with van der Waals surface area (Å²) in [5.41, 5.74) is 6.35. The predicted molar refractivity (Wildman–Crippen MR) is 114 cm³/mol. The second kappa shape index (κ2) is 9.83. The van der Waals surface area contributed by atoms with Crippen LogP contribution in [0.1, 0.15) is 51.5 Å². The molecule has 2 fully saturated rings. The third-order valence-electron chi connectivity index (χ3n) is 6.27.